The summed E-state index contributed by atoms with van der Waals surface area (Å²) in [6.07, 6.45) is 5.24. The van der Waals surface area contributed by atoms with Crippen LogP contribution in [0.3, 0.4) is 0 Å². The molecule has 1 N–H and O–H groups in total. The van der Waals surface area contributed by atoms with Crippen LogP contribution in [0.2, 0.25) is 0 Å². The number of amides is 1. The van der Waals surface area contributed by atoms with E-state index in [1.54, 1.807) is 24.5 Å². The van der Waals surface area contributed by atoms with E-state index in [4.69, 9.17) is 0 Å². The fourth-order valence-electron chi connectivity index (χ4n) is 3.20. The van der Waals surface area contributed by atoms with Crippen LogP contribution in [-0.4, -0.2) is 34.9 Å². The minimum absolute atomic E-state index is 0.0603. The summed E-state index contributed by atoms with van der Waals surface area (Å²) in [7, 11) is 0. The number of rotatable bonds is 7. The Bertz CT molecular complexity index is 750. The molecule has 26 heavy (non-hydrogen) atoms. The first-order valence-electron chi connectivity index (χ1n) is 8.68. The van der Waals surface area contributed by atoms with Gasteiger partial charge in [-0.15, -0.1) is 0 Å². The van der Waals surface area contributed by atoms with Gasteiger partial charge >= 0.3 is 0 Å². The first-order valence-corrected chi connectivity index (χ1v) is 9.76. The lowest BCUT2D eigenvalue weighted by atomic mass is 9.99. The predicted octanol–water partition coefficient (Wildman–Crippen LogP) is 3.27. The molecule has 6 nitrogen and oxygen atoms in total. The Labute approximate surface area is 166 Å². The number of likely N-dealkylation sites (tertiary alicyclic amines) is 1. The molecular weight excluding hydrogens is 443 g/mol. The number of carbonyl (C=O) groups excluding carboxylic acids is 1. The van der Waals surface area contributed by atoms with Crippen molar-refractivity contribution in [3.05, 3.63) is 68.4 Å². The Morgan fingerprint density at radius 3 is 2.54 bits per heavy atom. The van der Waals surface area contributed by atoms with Crippen LogP contribution < -0.4 is 5.32 Å². The zero-order valence-corrected chi connectivity index (χ0v) is 16.5. The zero-order valence-electron chi connectivity index (χ0n) is 14.3. The fourth-order valence-corrected chi connectivity index (χ4v) is 3.78. The second-order valence-electron chi connectivity index (χ2n) is 6.31. The number of nitrogens with one attached hydrogen (secondary N) is 1. The molecule has 136 valence electrons. The van der Waals surface area contributed by atoms with Crippen molar-refractivity contribution < 1.29 is 4.79 Å². The summed E-state index contributed by atoms with van der Waals surface area (Å²) < 4.78 is 1.12. The molecule has 0 saturated carbocycles. The van der Waals surface area contributed by atoms with E-state index in [2.05, 4.69) is 38.1 Å². The van der Waals surface area contributed by atoms with Crippen molar-refractivity contribution in [2.45, 2.75) is 31.5 Å². The smallest absolute Gasteiger partial charge is 0.242 e. The fraction of sp³-hybridized carbons (Fsp3) is 0.368. The van der Waals surface area contributed by atoms with Crippen LogP contribution in [0.25, 0.3) is 0 Å². The number of hydrogen-bond acceptors (Lipinski definition) is 5. The van der Waals surface area contributed by atoms with Gasteiger partial charge < -0.3 is 4.90 Å². The third-order valence-corrected chi connectivity index (χ3v) is 5.68. The highest BCUT2D eigenvalue weighted by molar-refractivity contribution is 14.1. The van der Waals surface area contributed by atoms with Crippen LogP contribution in [0.1, 0.15) is 30.0 Å². The number of hydrogen-bond donors (Lipinski definition) is 1. The van der Waals surface area contributed by atoms with Crippen molar-refractivity contribution in [2.24, 2.45) is 5.18 Å². The number of pyridine rings is 1. The summed E-state index contributed by atoms with van der Waals surface area (Å²) in [4.78, 5) is 30.5. The molecule has 2 atom stereocenters. The molecule has 1 aromatic heterocycles. The predicted molar refractivity (Wildman–Crippen MR) is 108 cm³/mol. The number of nitrogens with zero attached hydrogens (tertiary/aromatic N) is 3. The molecule has 1 unspecified atom stereocenters. The molecule has 2 aromatic rings. The molecule has 2 heterocycles. The van der Waals surface area contributed by atoms with Gasteiger partial charge in [-0.2, -0.15) is 4.91 Å². The molecule has 1 fully saturated rings. The van der Waals surface area contributed by atoms with Gasteiger partial charge in [0.1, 0.15) is 12.1 Å². The van der Waals surface area contributed by atoms with Gasteiger partial charge in [0.2, 0.25) is 5.91 Å². The van der Waals surface area contributed by atoms with Gasteiger partial charge in [-0.05, 0) is 64.8 Å². The van der Waals surface area contributed by atoms with Gasteiger partial charge in [-0.1, -0.05) is 23.4 Å². The van der Waals surface area contributed by atoms with E-state index in [9.17, 15) is 9.70 Å². The highest BCUT2D eigenvalue weighted by atomic mass is 127. The van der Waals surface area contributed by atoms with Crippen LogP contribution in [0, 0.1) is 8.48 Å². The van der Waals surface area contributed by atoms with Crippen molar-refractivity contribution >= 4 is 28.5 Å². The SMILES string of the molecule is O=NC(c1ccncc1)[C@@H](NCc1ccccc1I)C(=O)N1CCCC1. The first-order chi connectivity index (χ1) is 12.7. The number of nitroso groups, excluding NO2 is 1. The van der Waals surface area contributed by atoms with Gasteiger partial charge in [0.15, 0.2) is 0 Å². The number of aromatic nitrogens is 1. The summed E-state index contributed by atoms with van der Waals surface area (Å²) in [5, 5.41) is 6.59. The maximum Gasteiger partial charge on any atom is 0.242 e. The molecule has 7 heteroatoms. The number of carbonyl (C=O) groups is 1. The monoisotopic (exact) mass is 464 g/mol. The van der Waals surface area contributed by atoms with Crippen molar-refractivity contribution in [3.8, 4) is 0 Å². The minimum atomic E-state index is -0.785. The van der Waals surface area contributed by atoms with Crippen molar-refractivity contribution in [1.82, 2.24) is 15.2 Å². The Morgan fingerprint density at radius 1 is 1.19 bits per heavy atom. The van der Waals surface area contributed by atoms with E-state index in [0.29, 0.717) is 12.1 Å². The molecule has 1 aliphatic heterocycles. The van der Waals surface area contributed by atoms with E-state index >= 15 is 0 Å². The molecule has 1 amide bonds. The second-order valence-corrected chi connectivity index (χ2v) is 7.48. The van der Waals surface area contributed by atoms with E-state index < -0.39 is 12.1 Å². The van der Waals surface area contributed by atoms with Crippen molar-refractivity contribution in [1.29, 1.82) is 0 Å². The summed E-state index contributed by atoms with van der Waals surface area (Å²) in [6.45, 7) is 1.98. The average molecular weight is 464 g/mol. The van der Waals surface area contributed by atoms with Crippen LogP contribution in [0.5, 0.6) is 0 Å². The Hall–Kier alpha value is -1.87. The topological polar surface area (TPSA) is 74.7 Å². The third-order valence-electron chi connectivity index (χ3n) is 4.63. The number of halogens is 1. The van der Waals surface area contributed by atoms with Gasteiger partial charge in [0.25, 0.3) is 0 Å². The van der Waals surface area contributed by atoms with Crippen molar-refractivity contribution in [3.63, 3.8) is 0 Å². The standard InChI is InChI=1S/C19H21IN4O2/c20-16-6-2-1-5-15(16)13-22-18(19(25)24-11-3-4-12-24)17(23-26)14-7-9-21-10-8-14/h1-2,5-10,17-18,22H,3-4,11-13H2/t17?,18-/m1/s1. The largest absolute Gasteiger partial charge is 0.341 e. The van der Waals surface area contributed by atoms with E-state index in [-0.39, 0.29) is 5.91 Å². The molecule has 3 rings (SSSR count). The lowest BCUT2D eigenvalue weighted by Gasteiger charge is -2.27. The summed E-state index contributed by atoms with van der Waals surface area (Å²) in [5.74, 6) is -0.0603. The second kappa shape index (κ2) is 9.18. The summed E-state index contributed by atoms with van der Waals surface area (Å²) in [6, 6.07) is 9.99. The van der Waals surface area contributed by atoms with Crippen LogP contribution in [0.15, 0.2) is 54.0 Å². The van der Waals surface area contributed by atoms with Crippen LogP contribution >= 0.6 is 22.6 Å². The Balaban J connectivity index is 1.84. The number of benzene rings is 1. The zero-order chi connectivity index (χ0) is 18.4. The molecule has 0 spiro atoms. The normalized spacial score (nSPS) is 16.3. The molecule has 0 bridgehead atoms. The quantitative estimate of drug-likeness (QED) is 0.504. The molecule has 1 aromatic carbocycles. The summed E-state index contributed by atoms with van der Waals surface area (Å²) in [5.41, 5.74) is 1.79. The lowest BCUT2D eigenvalue weighted by molar-refractivity contribution is -0.133. The minimum Gasteiger partial charge on any atom is -0.341 e. The van der Waals surface area contributed by atoms with Crippen LogP contribution in [0.4, 0.5) is 0 Å². The first kappa shape index (κ1) is 18.9. The lowest BCUT2D eigenvalue weighted by Crippen LogP contribution is -2.48. The maximum atomic E-state index is 13.1. The Morgan fingerprint density at radius 2 is 1.88 bits per heavy atom. The molecule has 0 radical (unpaired) electrons. The summed E-state index contributed by atoms with van der Waals surface area (Å²) >= 11 is 2.27. The van der Waals surface area contributed by atoms with Crippen molar-refractivity contribution in [2.75, 3.05) is 13.1 Å². The maximum absolute atomic E-state index is 13.1. The average Bonchev–Trinajstić information content (AvgIpc) is 3.21. The van der Waals surface area contributed by atoms with Gasteiger partial charge in [-0.3, -0.25) is 15.1 Å². The van der Waals surface area contributed by atoms with E-state index in [1.165, 1.54) is 0 Å². The molecule has 1 aliphatic rings. The van der Waals surface area contributed by atoms with Gasteiger partial charge in [0, 0.05) is 35.6 Å². The van der Waals surface area contributed by atoms with Gasteiger partial charge in [0.05, 0.1) is 0 Å². The third kappa shape index (κ3) is 4.45. The van der Waals surface area contributed by atoms with Crippen LogP contribution in [-0.2, 0) is 11.3 Å². The highest BCUT2D eigenvalue weighted by Crippen LogP contribution is 2.24. The Kier molecular flexibility index (Phi) is 6.67. The molecular formula is C19H21IN4O2. The van der Waals surface area contributed by atoms with Gasteiger partial charge in [-0.25, -0.2) is 0 Å². The molecule has 0 aliphatic carbocycles. The van der Waals surface area contributed by atoms with E-state index in [0.717, 1.165) is 35.1 Å². The molecule has 1 saturated heterocycles. The highest BCUT2D eigenvalue weighted by Gasteiger charge is 2.34. The van der Waals surface area contributed by atoms with E-state index in [1.807, 2.05) is 29.2 Å².